The average Bonchev–Trinajstić information content (AvgIpc) is 2.44. The molecule has 0 aliphatic rings. The van der Waals surface area contributed by atoms with Gasteiger partial charge in [-0.3, -0.25) is 9.78 Å². The monoisotopic (exact) mass is 261 g/mol. The minimum atomic E-state index is -0.243. The quantitative estimate of drug-likeness (QED) is 0.879. The van der Waals surface area contributed by atoms with Crippen LogP contribution in [-0.2, 0) is 11.3 Å². The van der Waals surface area contributed by atoms with Crippen LogP contribution in [0.15, 0.2) is 29.2 Å². The highest BCUT2D eigenvalue weighted by molar-refractivity contribution is 5.61. The second-order valence-electron chi connectivity index (χ2n) is 3.77. The molecular formula is C13H15N3O3. The second kappa shape index (κ2) is 6.10. The molecule has 0 atom stereocenters. The number of pyridine rings is 1. The highest BCUT2D eigenvalue weighted by Gasteiger charge is 2.10. The first kappa shape index (κ1) is 13.2. The Balaban J connectivity index is 2.44. The van der Waals surface area contributed by atoms with Crippen LogP contribution in [0.5, 0.6) is 5.75 Å². The average molecular weight is 261 g/mol. The molecule has 0 amide bonds. The van der Waals surface area contributed by atoms with E-state index in [1.165, 1.54) is 6.07 Å². The summed E-state index contributed by atoms with van der Waals surface area (Å²) in [7, 11) is 1.55. The smallest absolute Gasteiger partial charge is 0.251 e. The van der Waals surface area contributed by atoms with Crippen molar-refractivity contribution >= 4 is 0 Å². The molecule has 6 heteroatoms. The zero-order valence-electron chi connectivity index (χ0n) is 10.8. The summed E-state index contributed by atoms with van der Waals surface area (Å²) in [6, 6.07) is 4.92. The lowest BCUT2D eigenvalue weighted by Crippen LogP contribution is -2.12. The third-order valence-corrected chi connectivity index (χ3v) is 2.47. The van der Waals surface area contributed by atoms with Crippen molar-refractivity contribution in [1.82, 2.24) is 15.0 Å². The van der Waals surface area contributed by atoms with Crippen LogP contribution in [0, 0.1) is 0 Å². The number of hydrogen-bond donors (Lipinski definition) is 1. The number of ether oxygens (including phenoxy) is 2. The number of aromatic nitrogens is 3. The maximum Gasteiger partial charge on any atom is 0.251 e. The molecule has 2 rings (SSSR count). The molecule has 2 aromatic rings. The molecule has 19 heavy (non-hydrogen) atoms. The molecule has 1 N–H and O–H groups in total. The fourth-order valence-electron chi connectivity index (χ4n) is 1.64. The van der Waals surface area contributed by atoms with Crippen LogP contribution in [0.4, 0.5) is 0 Å². The SMILES string of the molecule is CCOCc1nc(-c2ncccc2OC)cc(=O)[nH]1. The third kappa shape index (κ3) is 3.17. The number of nitrogens with one attached hydrogen (secondary N) is 1. The molecule has 0 aliphatic heterocycles. The normalized spacial score (nSPS) is 10.4. The van der Waals surface area contributed by atoms with Crippen LogP contribution in [0.3, 0.4) is 0 Å². The van der Waals surface area contributed by atoms with Gasteiger partial charge in [-0.05, 0) is 19.1 Å². The van der Waals surface area contributed by atoms with Crippen molar-refractivity contribution in [2.24, 2.45) is 0 Å². The van der Waals surface area contributed by atoms with Crippen molar-refractivity contribution in [2.75, 3.05) is 13.7 Å². The minimum absolute atomic E-state index is 0.243. The van der Waals surface area contributed by atoms with E-state index >= 15 is 0 Å². The van der Waals surface area contributed by atoms with E-state index in [0.29, 0.717) is 29.6 Å². The van der Waals surface area contributed by atoms with Crippen molar-refractivity contribution in [3.8, 4) is 17.1 Å². The molecule has 0 radical (unpaired) electrons. The number of nitrogens with zero attached hydrogens (tertiary/aromatic N) is 2. The van der Waals surface area contributed by atoms with Crippen LogP contribution >= 0.6 is 0 Å². The summed E-state index contributed by atoms with van der Waals surface area (Å²) in [5.74, 6) is 1.04. The Kier molecular flexibility index (Phi) is 4.25. The van der Waals surface area contributed by atoms with Gasteiger partial charge in [-0.2, -0.15) is 0 Å². The summed E-state index contributed by atoms with van der Waals surface area (Å²) in [6.07, 6.45) is 1.63. The van der Waals surface area contributed by atoms with Gasteiger partial charge in [0.1, 0.15) is 29.6 Å². The number of H-pyrrole nitrogens is 1. The molecule has 0 fully saturated rings. The van der Waals surface area contributed by atoms with Crippen LogP contribution < -0.4 is 10.3 Å². The van der Waals surface area contributed by atoms with Gasteiger partial charge in [0.15, 0.2) is 0 Å². The van der Waals surface area contributed by atoms with Gasteiger partial charge in [0, 0.05) is 18.9 Å². The first-order valence-electron chi connectivity index (χ1n) is 5.92. The summed E-state index contributed by atoms with van der Waals surface area (Å²) >= 11 is 0. The number of methoxy groups -OCH3 is 1. The molecule has 6 nitrogen and oxygen atoms in total. The molecule has 100 valence electrons. The van der Waals surface area contributed by atoms with Crippen molar-refractivity contribution in [1.29, 1.82) is 0 Å². The molecule has 0 aromatic carbocycles. The van der Waals surface area contributed by atoms with Crippen molar-refractivity contribution in [3.05, 3.63) is 40.6 Å². The Labute approximate surface area is 110 Å². The molecule has 0 aliphatic carbocycles. The van der Waals surface area contributed by atoms with Crippen LogP contribution in [0.1, 0.15) is 12.7 Å². The molecule has 0 unspecified atom stereocenters. The van der Waals surface area contributed by atoms with Gasteiger partial charge < -0.3 is 14.5 Å². The zero-order valence-corrected chi connectivity index (χ0v) is 10.8. The molecule has 0 saturated heterocycles. The summed E-state index contributed by atoms with van der Waals surface area (Å²) in [4.78, 5) is 22.8. The molecule has 0 bridgehead atoms. The summed E-state index contributed by atoms with van der Waals surface area (Å²) < 4.78 is 10.5. The number of hydrogen-bond acceptors (Lipinski definition) is 5. The van der Waals surface area contributed by atoms with Gasteiger partial charge in [-0.15, -0.1) is 0 Å². The van der Waals surface area contributed by atoms with E-state index in [4.69, 9.17) is 9.47 Å². The molecule has 0 saturated carbocycles. The summed E-state index contributed by atoms with van der Waals surface area (Å²) in [5.41, 5.74) is 0.761. The zero-order chi connectivity index (χ0) is 13.7. The maximum atomic E-state index is 11.6. The highest BCUT2D eigenvalue weighted by Crippen LogP contribution is 2.24. The highest BCUT2D eigenvalue weighted by atomic mass is 16.5. The van der Waals surface area contributed by atoms with Crippen molar-refractivity contribution < 1.29 is 9.47 Å². The Morgan fingerprint density at radius 2 is 2.26 bits per heavy atom. The molecule has 2 heterocycles. The van der Waals surface area contributed by atoms with E-state index in [0.717, 1.165) is 0 Å². The third-order valence-electron chi connectivity index (χ3n) is 2.47. The van der Waals surface area contributed by atoms with E-state index in [9.17, 15) is 4.79 Å². The summed E-state index contributed by atoms with van der Waals surface area (Å²) in [5, 5.41) is 0. The topological polar surface area (TPSA) is 77.1 Å². The molecule has 2 aromatic heterocycles. The van der Waals surface area contributed by atoms with Crippen LogP contribution in [0.25, 0.3) is 11.4 Å². The largest absolute Gasteiger partial charge is 0.494 e. The van der Waals surface area contributed by atoms with E-state index < -0.39 is 0 Å². The first-order valence-corrected chi connectivity index (χ1v) is 5.92. The Hall–Kier alpha value is -2.21. The van der Waals surface area contributed by atoms with Crippen LogP contribution in [-0.4, -0.2) is 28.7 Å². The van der Waals surface area contributed by atoms with Crippen molar-refractivity contribution in [2.45, 2.75) is 13.5 Å². The first-order chi connectivity index (χ1) is 9.24. The van der Waals surface area contributed by atoms with Gasteiger partial charge >= 0.3 is 0 Å². The lowest BCUT2D eigenvalue weighted by molar-refractivity contribution is 0.128. The Morgan fingerprint density at radius 3 is 3.00 bits per heavy atom. The minimum Gasteiger partial charge on any atom is -0.494 e. The van der Waals surface area contributed by atoms with Gasteiger partial charge in [0.05, 0.1) is 7.11 Å². The van der Waals surface area contributed by atoms with E-state index in [1.807, 2.05) is 6.92 Å². The fraction of sp³-hybridized carbons (Fsp3) is 0.308. The van der Waals surface area contributed by atoms with E-state index in [1.54, 1.807) is 25.4 Å². The molecular weight excluding hydrogens is 246 g/mol. The lowest BCUT2D eigenvalue weighted by atomic mass is 10.2. The van der Waals surface area contributed by atoms with Crippen LogP contribution in [0.2, 0.25) is 0 Å². The Bertz CT molecular complexity index is 610. The predicted molar refractivity (Wildman–Crippen MR) is 70.0 cm³/mol. The number of aromatic amines is 1. The standard InChI is InChI=1S/C13H15N3O3/c1-3-19-8-11-15-9(7-12(17)16-11)13-10(18-2)5-4-6-14-13/h4-7H,3,8H2,1-2H3,(H,15,16,17). The Morgan fingerprint density at radius 1 is 1.42 bits per heavy atom. The maximum absolute atomic E-state index is 11.6. The second-order valence-corrected chi connectivity index (χ2v) is 3.77. The number of rotatable bonds is 5. The van der Waals surface area contributed by atoms with Gasteiger partial charge in [0.25, 0.3) is 5.56 Å². The summed E-state index contributed by atoms with van der Waals surface area (Å²) in [6.45, 7) is 2.69. The van der Waals surface area contributed by atoms with E-state index in [-0.39, 0.29) is 12.2 Å². The predicted octanol–water partition coefficient (Wildman–Crippen LogP) is 1.38. The van der Waals surface area contributed by atoms with Gasteiger partial charge in [0.2, 0.25) is 0 Å². The van der Waals surface area contributed by atoms with E-state index in [2.05, 4.69) is 15.0 Å². The molecule has 0 spiro atoms. The van der Waals surface area contributed by atoms with Crippen molar-refractivity contribution in [3.63, 3.8) is 0 Å². The fourth-order valence-corrected chi connectivity index (χ4v) is 1.64. The van der Waals surface area contributed by atoms with Gasteiger partial charge in [-0.25, -0.2) is 4.98 Å². The van der Waals surface area contributed by atoms with Gasteiger partial charge in [-0.1, -0.05) is 0 Å². The lowest BCUT2D eigenvalue weighted by Gasteiger charge is -2.07.